The number of methoxy groups -OCH3 is 1. The van der Waals surface area contributed by atoms with Gasteiger partial charge in [-0.15, -0.1) is 0 Å². The first-order valence-electron chi connectivity index (χ1n) is 7.33. The van der Waals surface area contributed by atoms with Crippen LogP contribution < -0.4 is 10.1 Å². The lowest BCUT2D eigenvalue weighted by atomic mass is 10.1. The van der Waals surface area contributed by atoms with E-state index in [2.05, 4.69) is 36.5 Å². The molecule has 0 heterocycles. The molecule has 112 valence electrons. The summed E-state index contributed by atoms with van der Waals surface area (Å²) in [4.78, 5) is 0. The second-order valence-electron chi connectivity index (χ2n) is 5.09. The molecule has 0 aliphatic carbocycles. The predicted octanol–water partition coefficient (Wildman–Crippen LogP) is 3.08. The molecule has 21 heavy (non-hydrogen) atoms. The molecular weight excluding hydrogens is 262 g/mol. The van der Waals surface area contributed by atoms with Gasteiger partial charge in [-0.05, 0) is 35.2 Å². The number of aliphatic hydroxyl groups excluding tert-OH is 1. The van der Waals surface area contributed by atoms with Gasteiger partial charge in [-0.25, -0.2) is 0 Å². The number of rotatable bonds is 7. The number of hydrogen-bond acceptors (Lipinski definition) is 3. The highest BCUT2D eigenvalue weighted by molar-refractivity contribution is 5.30. The molecular formula is C18H23NO2. The van der Waals surface area contributed by atoms with Crippen LogP contribution in [0, 0.1) is 0 Å². The summed E-state index contributed by atoms with van der Waals surface area (Å²) in [5.74, 6) is 0.765. The van der Waals surface area contributed by atoms with Gasteiger partial charge in [-0.1, -0.05) is 43.3 Å². The average molecular weight is 285 g/mol. The van der Waals surface area contributed by atoms with Crippen molar-refractivity contribution >= 4 is 0 Å². The number of hydrogen-bond donors (Lipinski definition) is 2. The Kier molecular flexibility index (Phi) is 5.78. The third-order valence-corrected chi connectivity index (χ3v) is 3.58. The molecule has 0 amide bonds. The lowest BCUT2D eigenvalue weighted by molar-refractivity contribution is 0.174. The number of nitrogens with one attached hydrogen (secondary N) is 1. The molecule has 0 aromatic heterocycles. The van der Waals surface area contributed by atoms with Gasteiger partial charge in [-0.2, -0.15) is 0 Å². The van der Waals surface area contributed by atoms with Crippen molar-refractivity contribution in [2.45, 2.75) is 26.0 Å². The van der Waals surface area contributed by atoms with E-state index >= 15 is 0 Å². The van der Waals surface area contributed by atoms with Gasteiger partial charge in [0.05, 0.1) is 13.2 Å². The second-order valence-corrected chi connectivity index (χ2v) is 5.09. The highest BCUT2D eigenvalue weighted by atomic mass is 16.5. The van der Waals surface area contributed by atoms with Gasteiger partial charge in [0.15, 0.2) is 0 Å². The maximum absolute atomic E-state index is 10.2. The number of benzene rings is 2. The molecule has 2 N–H and O–H groups in total. The Labute approximate surface area is 126 Å². The standard InChI is InChI=1S/C18H23NO2/c1-3-14-7-9-15(10-8-14)12-19-13-18(20)16-5-4-6-17(11-16)21-2/h4-11,18-20H,3,12-13H2,1-2H3. The third kappa shape index (κ3) is 4.59. The van der Waals surface area contributed by atoms with E-state index in [9.17, 15) is 5.11 Å². The van der Waals surface area contributed by atoms with Crippen molar-refractivity contribution in [3.63, 3.8) is 0 Å². The minimum atomic E-state index is -0.532. The summed E-state index contributed by atoms with van der Waals surface area (Å²) in [6.07, 6.45) is 0.525. The maximum atomic E-state index is 10.2. The van der Waals surface area contributed by atoms with Gasteiger partial charge in [0.1, 0.15) is 5.75 Å². The molecule has 2 aromatic carbocycles. The zero-order valence-corrected chi connectivity index (χ0v) is 12.7. The quantitative estimate of drug-likeness (QED) is 0.821. The van der Waals surface area contributed by atoms with Crippen LogP contribution in [0.2, 0.25) is 0 Å². The van der Waals surface area contributed by atoms with Crippen LogP contribution in [0.15, 0.2) is 48.5 Å². The van der Waals surface area contributed by atoms with E-state index in [-0.39, 0.29) is 0 Å². The van der Waals surface area contributed by atoms with Crippen LogP contribution in [0.5, 0.6) is 5.75 Å². The van der Waals surface area contributed by atoms with Crippen LogP contribution in [0.4, 0.5) is 0 Å². The van der Waals surface area contributed by atoms with E-state index in [1.807, 2.05) is 24.3 Å². The van der Waals surface area contributed by atoms with Crippen molar-refractivity contribution in [2.75, 3.05) is 13.7 Å². The Morgan fingerprint density at radius 1 is 1.10 bits per heavy atom. The maximum Gasteiger partial charge on any atom is 0.119 e. The molecule has 0 spiro atoms. The van der Waals surface area contributed by atoms with E-state index in [0.717, 1.165) is 24.3 Å². The van der Waals surface area contributed by atoms with Gasteiger partial charge >= 0.3 is 0 Å². The van der Waals surface area contributed by atoms with Crippen molar-refractivity contribution in [1.82, 2.24) is 5.32 Å². The van der Waals surface area contributed by atoms with Gasteiger partial charge < -0.3 is 15.2 Å². The monoisotopic (exact) mass is 285 g/mol. The molecule has 1 atom stereocenters. The summed E-state index contributed by atoms with van der Waals surface area (Å²) in [6.45, 7) is 3.42. The predicted molar refractivity (Wildman–Crippen MR) is 85.5 cm³/mol. The van der Waals surface area contributed by atoms with Gasteiger partial charge in [0.25, 0.3) is 0 Å². The van der Waals surface area contributed by atoms with Gasteiger partial charge in [0.2, 0.25) is 0 Å². The van der Waals surface area contributed by atoms with E-state index in [1.54, 1.807) is 7.11 Å². The number of aliphatic hydroxyl groups is 1. The Balaban J connectivity index is 1.84. The first-order valence-corrected chi connectivity index (χ1v) is 7.33. The van der Waals surface area contributed by atoms with Crippen molar-refractivity contribution in [3.05, 3.63) is 65.2 Å². The lowest BCUT2D eigenvalue weighted by Crippen LogP contribution is -2.21. The summed E-state index contributed by atoms with van der Waals surface area (Å²) in [7, 11) is 1.63. The minimum absolute atomic E-state index is 0.517. The topological polar surface area (TPSA) is 41.5 Å². The van der Waals surface area contributed by atoms with E-state index < -0.39 is 6.10 Å². The van der Waals surface area contributed by atoms with Crippen LogP contribution in [-0.2, 0) is 13.0 Å². The molecule has 0 saturated heterocycles. The summed E-state index contributed by atoms with van der Waals surface area (Å²) in [5, 5.41) is 13.5. The van der Waals surface area contributed by atoms with Gasteiger partial charge in [-0.3, -0.25) is 0 Å². The van der Waals surface area contributed by atoms with E-state index in [1.165, 1.54) is 11.1 Å². The zero-order chi connectivity index (χ0) is 15.1. The first kappa shape index (κ1) is 15.5. The molecule has 3 nitrogen and oxygen atoms in total. The van der Waals surface area contributed by atoms with Crippen molar-refractivity contribution in [2.24, 2.45) is 0 Å². The van der Waals surface area contributed by atoms with Crippen LogP contribution in [0.25, 0.3) is 0 Å². The van der Waals surface area contributed by atoms with Crippen LogP contribution in [0.3, 0.4) is 0 Å². The first-order chi connectivity index (χ1) is 10.2. The van der Waals surface area contributed by atoms with E-state index in [4.69, 9.17) is 4.74 Å². The summed E-state index contributed by atoms with van der Waals surface area (Å²) >= 11 is 0. The Morgan fingerprint density at radius 2 is 1.81 bits per heavy atom. The lowest BCUT2D eigenvalue weighted by Gasteiger charge is -2.13. The molecule has 2 rings (SSSR count). The Bertz CT molecular complexity index is 551. The smallest absolute Gasteiger partial charge is 0.119 e. The second kappa shape index (κ2) is 7.81. The fraction of sp³-hybridized carbons (Fsp3) is 0.333. The summed E-state index contributed by atoms with van der Waals surface area (Å²) in [6, 6.07) is 16.1. The molecule has 1 unspecified atom stereocenters. The van der Waals surface area contributed by atoms with Gasteiger partial charge in [0, 0.05) is 13.1 Å². The Hall–Kier alpha value is -1.84. The van der Waals surface area contributed by atoms with Crippen LogP contribution in [0.1, 0.15) is 29.7 Å². The third-order valence-electron chi connectivity index (χ3n) is 3.58. The molecule has 0 aliphatic rings. The zero-order valence-electron chi connectivity index (χ0n) is 12.7. The average Bonchev–Trinajstić information content (AvgIpc) is 2.55. The molecule has 0 bridgehead atoms. The van der Waals surface area contributed by atoms with Crippen molar-refractivity contribution in [1.29, 1.82) is 0 Å². The van der Waals surface area contributed by atoms with E-state index in [0.29, 0.717) is 6.54 Å². The molecule has 3 heteroatoms. The molecule has 0 fully saturated rings. The normalized spacial score (nSPS) is 12.1. The highest BCUT2D eigenvalue weighted by Crippen LogP contribution is 2.18. The summed E-state index contributed by atoms with van der Waals surface area (Å²) in [5.41, 5.74) is 3.43. The highest BCUT2D eigenvalue weighted by Gasteiger charge is 2.07. The molecule has 0 aliphatic heterocycles. The summed E-state index contributed by atoms with van der Waals surface area (Å²) < 4.78 is 5.17. The van der Waals surface area contributed by atoms with Crippen molar-refractivity contribution in [3.8, 4) is 5.75 Å². The van der Waals surface area contributed by atoms with Crippen molar-refractivity contribution < 1.29 is 9.84 Å². The number of aryl methyl sites for hydroxylation is 1. The largest absolute Gasteiger partial charge is 0.497 e. The van der Waals surface area contributed by atoms with Crippen LogP contribution in [-0.4, -0.2) is 18.8 Å². The Morgan fingerprint density at radius 3 is 2.48 bits per heavy atom. The number of ether oxygens (including phenoxy) is 1. The SMILES string of the molecule is CCc1ccc(CNCC(O)c2cccc(OC)c2)cc1. The molecule has 0 radical (unpaired) electrons. The minimum Gasteiger partial charge on any atom is -0.497 e. The molecule has 2 aromatic rings. The van der Waals surface area contributed by atoms with Crippen LogP contribution >= 0.6 is 0 Å². The fourth-order valence-electron chi connectivity index (χ4n) is 2.21. The fourth-order valence-corrected chi connectivity index (χ4v) is 2.21. The molecule has 0 saturated carbocycles.